The third kappa shape index (κ3) is 4.09. The van der Waals surface area contributed by atoms with Gasteiger partial charge in [0, 0.05) is 5.92 Å². The smallest absolute Gasteiger partial charge is 0.00553 e. The number of hydrogen-bond donors (Lipinski definition) is 0. The topological polar surface area (TPSA) is 0 Å². The molecule has 0 aliphatic heterocycles. The van der Waals surface area contributed by atoms with Crippen LogP contribution in [0.3, 0.4) is 0 Å². The van der Waals surface area contributed by atoms with Crippen LogP contribution in [-0.4, -0.2) is 0 Å². The zero-order chi connectivity index (χ0) is 16.2. The molecule has 0 saturated heterocycles. The SMILES string of the molecule is C=CCC(C=C)c1c(C(C)C)cc(C(C)C)cc1C(C)C. The van der Waals surface area contributed by atoms with Crippen LogP contribution in [0.1, 0.15) is 93.9 Å². The van der Waals surface area contributed by atoms with Crippen LogP contribution in [0.5, 0.6) is 0 Å². The highest BCUT2D eigenvalue weighted by Gasteiger charge is 2.21. The van der Waals surface area contributed by atoms with Crippen molar-refractivity contribution in [2.24, 2.45) is 0 Å². The van der Waals surface area contributed by atoms with Gasteiger partial charge >= 0.3 is 0 Å². The van der Waals surface area contributed by atoms with Gasteiger partial charge in [0.25, 0.3) is 0 Å². The maximum absolute atomic E-state index is 4.07. The zero-order valence-corrected chi connectivity index (χ0v) is 14.7. The minimum absolute atomic E-state index is 0.374. The van der Waals surface area contributed by atoms with Crippen LogP contribution < -0.4 is 0 Å². The summed E-state index contributed by atoms with van der Waals surface area (Å²) in [6, 6.07) is 4.83. The highest BCUT2D eigenvalue weighted by atomic mass is 14.3. The van der Waals surface area contributed by atoms with E-state index in [1.807, 2.05) is 6.08 Å². The summed E-state index contributed by atoms with van der Waals surface area (Å²) in [6.45, 7) is 21.7. The first kappa shape index (κ1) is 17.8. The first-order valence-corrected chi connectivity index (χ1v) is 8.24. The van der Waals surface area contributed by atoms with Gasteiger partial charge in [-0.3, -0.25) is 0 Å². The van der Waals surface area contributed by atoms with Crippen LogP contribution in [0.4, 0.5) is 0 Å². The molecule has 0 radical (unpaired) electrons. The molecule has 116 valence electrons. The first-order valence-electron chi connectivity index (χ1n) is 8.24. The van der Waals surface area contributed by atoms with Gasteiger partial charge in [-0.15, -0.1) is 13.2 Å². The van der Waals surface area contributed by atoms with Crippen molar-refractivity contribution in [2.75, 3.05) is 0 Å². The Kier molecular flexibility index (Phi) is 6.45. The van der Waals surface area contributed by atoms with E-state index in [0.717, 1.165) is 6.42 Å². The van der Waals surface area contributed by atoms with Crippen LogP contribution >= 0.6 is 0 Å². The normalized spacial score (nSPS) is 13.0. The van der Waals surface area contributed by atoms with E-state index in [2.05, 4.69) is 72.9 Å². The Bertz CT molecular complexity index is 460. The molecule has 1 aromatic carbocycles. The Morgan fingerprint density at radius 1 is 0.857 bits per heavy atom. The summed E-state index contributed by atoms with van der Waals surface area (Å²) in [7, 11) is 0. The molecule has 0 heterocycles. The monoisotopic (exact) mass is 284 g/mol. The van der Waals surface area contributed by atoms with Gasteiger partial charge in [-0.1, -0.05) is 65.8 Å². The highest BCUT2D eigenvalue weighted by Crippen LogP contribution is 2.38. The van der Waals surface area contributed by atoms with Gasteiger partial charge in [-0.25, -0.2) is 0 Å². The van der Waals surface area contributed by atoms with Gasteiger partial charge in [0.15, 0.2) is 0 Å². The molecule has 21 heavy (non-hydrogen) atoms. The van der Waals surface area contributed by atoms with Gasteiger partial charge in [0.2, 0.25) is 0 Å². The minimum atomic E-state index is 0.374. The predicted molar refractivity (Wildman–Crippen MR) is 96.5 cm³/mol. The number of hydrogen-bond acceptors (Lipinski definition) is 0. The van der Waals surface area contributed by atoms with Crippen molar-refractivity contribution in [2.45, 2.75) is 71.6 Å². The van der Waals surface area contributed by atoms with Gasteiger partial charge in [-0.05, 0) is 46.4 Å². The van der Waals surface area contributed by atoms with E-state index in [4.69, 9.17) is 0 Å². The van der Waals surface area contributed by atoms with Gasteiger partial charge in [0.05, 0.1) is 0 Å². The molecule has 0 aliphatic rings. The van der Waals surface area contributed by atoms with Crippen LogP contribution in [-0.2, 0) is 0 Å². The lowest BCUT2D eigenvalue weighted by molar-refractivity contribution is 0.740. The van der Waals surface area contributed by atoms with E-state index < -0.39 is 0 Å². The summed E-state index contributed by atoms with van der Waals surface area (Å²) in [5, 5.41) is 0. The summed E-state index contributed by atoms with van der Waals surface area (Å²) >= 11 is 0. The Morgan fingerprint density at radius 3 is 1.62 bits per heavy atom. The van der Waals surface area contributed by atoms with Crippen molar-refractivity contribution in [3.63, 3.8) is 0 Å². The maximum atomic E-state index is 4.07. The Labute approximate surface area is 132 Å². The quantitative estimate of drug-likeness (QED) is 0.477. The summed E-state index contributed by atoms with van der Waals surface area (Å²) in [5.74, 6) is 2.00. The number of allylic oxidation sites excluding steroid dienone is 2. The molecule has 0 spiro atoms. The molecule has 0 fully saturated rings. The number of rotatable bonds is 7. The Balaban J connectivity index is 3.63. The fourth-order valence-electron chi connectivity index (χ4n) is 2.95. The zero-order valence-electron chi connectivity index (χ0n) is 14.7. The van der Waals surface area contributed by atoms with Gasteiger partial charge in [-0.2, -0.15) is 0 Å². The molecule has 0 heteroatoms. The molecule has 0 aromatic heterocycles. The third-order valence-corrected chi connectivity index (χ3v) is 4.25. The Morgan fingerprint density at radius 2 is 1.33 bits per heavy atom. The second-order valence-corrected chi connectivity index (χ2v) is 6.94. The standard InChI is InChI=1S/C21H32/c1-9-11-17(10-2)21-19(15(5)6)12-18(14(3)4)13-20(21)16(7)8/h9-10,12-17H,1-2,11H2,3-8H3. The molecule has 0 amide bonds. The fourth-order valence-corrected chi connectivity index (χ4v) is 2.95. The van der Waals surface area contributed by atoms with Crippen LogP contribution in [0.25, 0.3) is 0 Å². The second-order valence-electron chi connectivity index (χ2n) is 6.94. The van der Waals surface area contributed by atoms with Crippen LogP contribution in [0.15, 0.2) is 37.4 Å². The molecule has 0 aliphatic carbocycles. The lowest BCUT2D eigenvalue weighted by atomic mass is 9.78. The highest BCUT2D eigenvalue weighted by molar-refractivity contribution is 5.47. The van der Waals surface area contributed by atoms with Crippen molar-refractivity contribution < 1.29 is 0 Å². The molecule has 1 atom stereocenters. The summed E-state index contributed by atoms with van der Waals surface area (Å²) < 4.78 is 0. The van der Waals surface area contributed by atoms with E-state index in [0.29, 0.717) is 23.7 Å². The molecule has 1 rings (SSSR count). The van der Waals surface area contributed by atoms with E-state index >= 15 is 0 Å². The van der Waals surface area contributed by atoms with Crippen molar-refractivity contribution in [3.05, 3.63) is 59.7 Å². The summed E-state index contributed by atoms with van der Waals surface area (Å²) in [4.78, 5) is 0. The van der Waals surface area contributed by atoms with E-state index in [9.17, 15) is 0 Å². The lowest BCUT2D eigenvalue weighted by Gasteiger charge is -2.26. The second kappa shape index (κ2) is 7.64. The van der Waals surface area contributed by atoms with Gasteiger partial charge < -0.3 is 0 Å². The third-order valence-electron chi connectivity index (χ3n) is 4.25. The average molecular weight is 284 g/mol. The molecule has 1 unspecified atom stereocenters. The largest absolute Gasteiger partial charge is 0.103 e. The average Bonchev–Trinajstić information content (AvgIpc) is 2.43. The van der Waals surface area contributed by atoms with Crippen molar-refractivity contribution in [3.8, 4) is 0 Å². The van der Waals surface area contributed by atoms with Crippen molar-refractivity contribution in [1.82, 2.24) is 0 Å². The lowest BCUT2D eigenvalue weighted by Crippen LogP contribution is -2.09. The predicted octanol–water partition coefficient (Wildman–Crippen LogP) is 6.90. The molecule has 0 N–H and O–H groups in total. The molecular formula is C21H32. The Hall–Kier alpha value is -1.30. The minimum Gasteiger partial charge on any atom is -0.103 e. The van der Waals surface area contributed by atoms with Gasteiger partial charge in [0.1, 0.15) is 0 Å². The van der Waals surface area contributed by atoms with Crippen LogP contribution in [0, 0.1) is 0 Å². The van der Waals surface area contributed by atoms with E-state index in [-0.39, 0.29) is 0 Å². The summed E-state index contributed by atoms with van der Waals surface area (Å²) in [5.41, 5.74) is 5.90. The first-order chi connectivity index (χ1) is 9.83. The van der Waals surface area contributed by atoms with E-state index in [1.54, 1.807) is 0 Å². The molecule has 0 bridgehead atoms. The van der Waals surface area contributed by atoms with Crippen molar-refractivity contribution in [1.29, 1.82) is 0 Å². The number of benzene rings is 1. The van der Waals surface area contributed by atoms with Crippen molar-refractivity contribution >= 4 is 0 Å². The van der Waals surface area contributed by atoms with E-state index in [1.165, 1.54) is 22.3 Å². The summed E-state index contributed by atoms with van der Waals surface area (Å²) in [6.07, 6.45) is 5.06. The van der Waals surface area contributed by atoms with Crippen LogP contribution in [0.2, 0.25) is 0 Å². The molecular weight excluding hydrogens is 252 g/mol. The molecule has 0 saturated carbocycles. The molecule has 0 nitrogen and oxygen atoms in total. The molecule has 1 aromatic rings. The fraction of sp³-hybridized carbons (Fsp3) is 0.524. The maximum Gasteiger partial charge on any atom is 0.00553 e.